The van der Waals surface area contributed by atoms with Gasteiger partial charge in [0.05, 0.1) is 25.3 Å². The van der Waals surface area contributed by atoms with Gasteiger partial charge in [-0.25, -0.2) is 0 Å². The van der Waals surface area contributed by atoms with Gasteiger partial charge in [0.25, 0.3) is 5.24 Å². The van der Waals surface area contributed by atoms with Gasteiger partial charge in [0, 0.05) is 11.6 Å². The van der Waals surface area contributed by atoms with Gasteiger partial charge in [-0.15, -0.1) is 0 Å². The van der Waals surface area contributed by atoms with Crippen LogP contribution in [0, 0.1) is 0 Å². The zero-order chi connectivity index (χ0) is 13.3. The molecule has 0 bridgehead atoms. The molecule has 1 aromatic carbocycles. The maximum absolute atomic E-state index is 11.6. The first kappa shape index (κ1) is 12.4. The number of ether oxygens (including phenoxy) is 2. The molecule has 0 aliphatic carbocycles. The van der Waals surface area contributed by atoms with E-state index in [9.17, 15) is 9.59 Å². The number of carbonyl (C=O) groups is 2. The number of hydrogen-bond acceptors (Lipinski definition) is 4. The Hall–Kier alpha value is -2.01. The predicted octanol–water partition coefficient (Wildman–Crippen LogP) is 2.13. The molecule has 94 valence electrons. The number of aromatic amines is 1. The summed E-state index contributed by atoms with van der Waals surface area (Å²) in [6, 6.07) is 3.32. The fourth-order valence-corrected chi connectivity index (χ4v) is 1.91. The molecule has 0 unspecified atom stereocenters. The SMILES string of the molecule is COc1ccc2c(C(=O)C(=O)Cl)c[nH]c2c1OC. The molecule has 0 saturated heterocycles. The largest absolute Gasteiger partial charge is 0.493 e. The maximum atomic E-state index is 11.6. The smallest absolute Gasteiger partial charge is 0.293 e. The third-order valence-corrected chi connectivity index (χ3v) is 2.79. The number of aromatic nitrogens is 1. The lowest BCUT2D eigenvalue weighted by Gasteiger charge is -2.08. The molecule has 2 rings (SSSR count). The summed E-state index contributed by atoms with van der Waals surface area (Å²) in [5.41, 5.74) is 0.795. The average molecular weight is 268 g/mol. The number of H-pyrrole nitrogens is 1. The first-order chi connectivity index (χ1) is 8.60. The van der Waals surface area contributed by atoms with Gasteiger partial charge in [-0.1, -0.05) is 0 Å². The van der Waals surface area contributed by atoms with Crippen LogP contribution in [0.15, 0.2) is 18.3 Å². The van der Waals surface area contributed by atoms with Crippen molar-refractivity contribution in [3.05, 3.63) is 23.9 Å². The van der Waals surface area contributed by atoms with Crippen LogP contribution >= 0.6 is 11.6 Å². The summed E-state index contributed by atoms with van der Waals surface area (Å²) in [6.45, 7) is 0. The molecule has 0 atom stereocenters. The van der Waals surface area contributed by atoms with E-state index in [1.807, 2.05) is 0 Å². The van der Waals surface area contributed by atoms with Crippen molar-refractivity contribution in [2.75, 3.05) is 14.2 Å². The van der Waals surface area contributed by atoms with Crippen molar-refractivity contribution in [2.24, 2.45) is 0 Å². The molecule has 1 heterocycles. The number of methoxy groups -OCH3 is 2. The van der Waals surface area contributed by atoms with Crippen LogP contribution in [-0.2, 0) is 4.79 Å². The van der Waals surface area contributed by atoms with Gasteiger partial charge in [-0.3, -0.25) is 9.59 Å². The summed E-state index contributed by atoms with van der Waals surface area (Å²) < 4.78 is 10.4. The van der Waals surface area contributed by atoms with Crippen molar-refractivity contribution in [1.82, 2.24) is 4.98 Å². The Morgan fingerprint density at radius 2 is 1.94 bits per heavy atom. The highest BCUT2D eigenvalue weighted by Gasteiger charge is 2.20. The molecule has 0 spiro atoms. The van der Waals surface area contributed by atoms with E-state index in [4.69, 9.17) is 21.1 Å². The van der Waals surface area contributed by atoms with Crippen LogP contribution in [0.2, 0.25) is 0 Å². The molecule has 1 N–H and O–H groups in total. The van der Waals surface area contributed by atoms with Gasteiger partial charge < -0.3 is 14.5 Å². The molecule has 0 aliphatic heterocycles. The van der Waals surface area contributed by atoms with Crippen LogP contribution in [0.5, 0.6) is 11.5 Å². The predicted molar refractivity (Wildman–Crippen MR) is 66.6 cm³/mol. The fourth-order valence-electron chi connectivity index (χ4n) is 1.81. The highest BCUT2D eigenvalue weighted by Crippen LogP contribution is 2.36. The summed E-state index contributed by atoms with van der Waals surface area (Å²) in [5.74, 6) is 0.245. The van der Waals surface area contributed by atoms with Crippen molar-refractivity contribution in [2.45, 2.75) is 0 Å². The van der Waals surface area contributed by atoms with Crippen LogP contribution in [0.25, 0.3) is 10.9 Å². The van der Waals surface area contributed by atoms with E-state index in [0.717, 1.165) is 0 Å². The molecule has 0 amide bonds. The molecule has 6 heteroatoms. The van der Waals surface area contributed by atoms with E-state index in [1.54, 1.807) is 12.1 Å². The summed E-state index contributed by atoms with van der Waals surface area (Å²) in [5, 5.41) is -0.461. The molecule has 2 aromatic rings. The molecular formula is C12H10ClNO4. The quantitative estimate of drug-likeness (QED) is 0.523. The van der Waals surface area contributed by atoms with Crippen molar-refractivity contribution >= 4 is 33.5 Å². The minimum atomic E-state index is -1.02. The Balaban J connectivity index is 2.69. The van der Waals surface area contributed by atoms with Gasteiger partial charge in [-0.05, 0) is 23.7 Å². The standard InChI is InChI=1S/C12H10ClNO4/c1-17-8-4-3-6-7(10(15)12(13)16)5-14-9(6)11(8)18-2/h3-5,14H,1-2H3. The molecule has 0 radical (unpaired) electrons. The number of ketones is 1. The molecule has 5 nitrogen and oxygen atoms in total. The van der Waals surface area contributed by atoms with Crippen molar-refractivity contribution in [3.63, 3.8) is 0 Å². The fraction of sp³-hybridized carbons (Fsp3) is 0.167. The van der Waals surface area contributed by atoms with Crippen LogP contribution < -0.4 is 9.47 Å². The molecule has 1 aromatic heterocycles. The molecule has 18 heavy (non-hydrogen) atoms. The first-order valence-electron chi connectivity index (χ1n) is 5.06. The van der Waals surface area contributed by atoms with Crippen molar-refractivity contribution < 1.29 is 19.1 Å². The minimum Gasteiger partial charge on any atom is -0.493 e. The Bertz CT molecular complexity index is 632. The van der Waals surface area contributed by atoms with E-state index in [-0.39, 0.29) is 5.56 Å². The lowest BCUT2D eigenvalue weighted by molar-refractivity contribution is -0.108. The van der Waals surface area contributed by atoms with E-state index in [1.165, 1.54) is 20.4 Å². The Morgan fingerprint density at radius 3 is 2.50 bits per heavy atom. The van der Waals surface area contributed by atoms with Crippen LogP contribution in [0.3, 0.4) is 0 Å². The molecule has 0 saturated carbocycles. The van der Waals surface area contributed by atoms with E-state index in [2.05, 4.69) is 4.98 Å². The van der Waals surface area contributed by atoms with Crippen molar-refractivity contribution in [3.8, 4) is 11.5 Å². The number of nitrogens with one attached hydrogen (secondary N) is 1. The second-order valence-corrected chi connectivity index (χ2v) is 3.87. The molecular weight excluding hydrogens is 258 g/mol. The summed E-state index contributed by atoms with van der Waals surface area (Å²) in [6.07, 6.45) is 1.43. The van der Waals surface area contributed by atoms with E-state index >= 15 is 0 Å². The van der Waals surface area contributed by atoms with Crippen LogP contribution in [0.4, 0.5) is 0 Å². The Kier molecular flexibility index (Phi) is 3.25. The van der Waals surface area contributed by atoms with Crippen molar-refractivity contribution in [1.29, 1.82) is 0 Å². The third-order valence-electron chi connectivity index (χ3n) is 2.62. The highest BCUT2D eigenvalue weighted by molar-refractivity contribution is 6.83. The van der Waals surface area contributed by atoms with Gasteiger partial charge in [0.15, 0.2) is 11.5 Å². The third kappa shape index (κ3) is 1.82. The van der Waals surface area contributed by atoms with Gasteiger partial charge in [0.2, 0.25) is 5.78 Å². The summed E-state index contributed by atoms with van der Waals surface area (Å²) in [7, 11) is 3.01. The molecule has 0 aliphatic rings. The lowest BCUT2D eigenvalue weighted by atomic mass is 10.1. The number of carbonyl (C=O) groups excluding carboxylic acids is 2. The number of Topliss-reactive ketones (excluding diaryl/α,β-unsaturated/α-hetero) is 1. The minimum absolute atomic E-state index is 0.214. The zero-order valence-corrected chi connectivity index (χ0v) is 10.5. The Morgan fingerprint density at radius 1 is 1.22 bits per heavy atom. The van der Waals surface area contributed by atoms with E-state index < -0.39 is 11.0 Å². The highest BCUT2D eigenvalue weighted by atomic mass is 35.5. The second kappa shape index (κ2) is 4.70. The van der Waals surface area contributed by atoms with Gasteiger partial charge >= 0.3 is 0 Å². The van der Waals surface area contributed by atoms with E-state index in [0.29, 0.717) is 22.4 Å². The number of fused-ring (bicyclic) bond motifs is 1. The molecule has 0 fully saturated rings. The van der Waals surface area contributed by atoms with Gasteiger partial charge in [0.1, 0.15) is 0 Å². The second-order valence-electron chi connectivity index (χ2n) is 3.53. The van der Waals surface area contributed by atoms with Gasteiger partial charge in [-0.2, -0.15) is 0 Å². The average Bonchev–Trinajstić information content (AvgIpc) is 2.79. The lowest BCUT2D eigenvalue weighted by Crippen LogP contribution is -2.06. The monoisotopic (exact) mass is 267 g/mol. The number of hydrogen-bond donors (Lipinski definition) is 1. The Labute approximate surface area is 108 Å². The number of halogens is 1. The normalized spacial score (nSPS) is 10.4. The zero-order valence-electron chi connectivity index (χ0n) is 9.74. The first-order valence-corrected chi connectivity index (χ1v) is 5.44. The van der Waals surface area contributed by atoms with Crippen LogP contribution in [-0.4, -0.2) is 30.2 Å². The topological polar surface area (TPSA) is 68.4 Å². The van der Waals surface area contributed by atoms with Crippen LogP contribution in [0.1, 0.15) is 10.4 Å². The summed E-state index contributed by atoms with van der Waals surface area (Å²) in [4.78, 5) is 25.4. The number of rotatable bonds is 4. The summed E-state index contributed by atoms with van der Waals surface area (Å²) >= 11 is 5.19. The maximum Gasteiger partial charge on any atom is 0.293 e. The number of benzene rings is 1.